The SMILES string of the molecule is CCONS(=O)(=O)c1ccc(OCCC(=O)O)cc1. The van der Waals surface area contributed by atoms with Gasteiger partial charge in [-0.15, -0.1) is 0 Å². The lowest BCUT2D eigenvalue weighted by molar-refractivity contribution is -0.137. The average Bonchev–Trinajstić information content (AvgIpc) is 2.37. The lowest BCUT2D eigenvalue weighted by Crippen LogP contribution is -2.23. The van der Waals surface area contributed by atoms with Crippen LogP contribution in [0.15, 0.2) is 29.2 Å². The number of sulfonamides is 1. The van der Waals surface area contributed by atoms with Crippen LogP contribution in [0.25, 0.3) is 0 Å². The third-order valence-electron chi connectivity index (χ3n) is 2.03. The van der Waals surface area contributed by atoms with Crippen LogP contribution in [-0.2, 0) is 19.7 Å². The fraction of sp³-hybridized carbons (Fsp3) is 0.364. The molecule has 1 rings (SSSR count). The Bertz CT molecular complexity index is 510. The van der Waals surface area contributed by atoms with E-state index in [4.69, 9.17) is 9.84 Å². The number of hydrogen-bond acceptors (Lipinski definition) is 5. The van der Waals surface area contributed by atoms with E-state index in [9.17, 15) is 13.2 Å². The minimum atomic E-state index is -3.70. The van der Waals surface area contributed by atoms with Gasteiger partial charge in [-0.3, -0.25) is 9.63 Å². The molecule has 2 N–H and O–H groups in total. The number of carbonyl (C=O) groups is 1. The van der Waals surface area contributed by atoms with Gasteiger partial charge in [-0.05, 0) is 31.2 Å². The van der Waals surface area contributed by atoms with Crippen molar-refractivity contribution in [1.29, 1.82) is 0 Å². The molecule has 1 aromatic carbocycles. The average molecular weight is 289 g/mol. The summed E-state index contributed by atoms with van der Waals surface area (Å²) in [6, 6.07) is 5.58. The molecule has 0 aliphatic heterocycles. The summed E-state index contributed by atoms with van der Waals surface area (Å²) in [5.41, 5.74) is 0. The zero-order chi connectivity index (χ0) is 14.3. The van der Waals surface area contributed by atoms with Crippen molar-refractivity contribution in [3.05, 3.63) is 24.3 Å². The molecule has 0 aliphatic rings. The fourth-order valence-electron chi connectivity index (χ4n) is 1.16. The summed E-state index contributed by atoms with van der Waals surface area (Å²) in [5, 5.41) is 8.44. The third kappa shape index (κ3) is 5.25. The molecule has 106 valence electrons. The van der Waals surface area contributed by atoms with Crippen molar-refractivity contribution in [2.24, 2.45) is 0 Å². The molecule has 19 heavy (non-hydrogen) atoms. The van der Waals surface area contributed by atoms with E-state index in [1.165, 1.54) is 24.3 Å². The molecule has 1 aromatic rings. The Morgan fingerprint density at radius 3 is 2.47 bits per heavy atom. The summed E-state index contributed by atoms with van der Waals surface area (Å²) in [7, 11) is -3.70. The predicted molar refractivity (Wildman–Crippen MR) is 66.1 cm³/mol. The third-order valence-corrected chi connectivity index (χ3v) is 3.26. The Hall–Kier alpha value is -1.64. The van der Waals surface area contributed by atoms with E-state index in [1.807, 2.05) is 4.89 Å². The van der Waals surface area contributed by atoms with Gasteiger partial charge in [0.1, 0.15) is 5.75 Å². The van der Waals surface area contributed by atoms with Gasteiger partial charge < -0.3 is 9.84 Å². The van der Waals surface area contributed by atoms with E-state index in [0.29, 0.717) is 5.75 Å². The van der Waals surface area contributed by atoms with Gasteiger partial charge in [-0.25, -0.2) is 8.42 Å². The number of benzene rings is 1. The van der Waals surface area contributed by atoms with E-state index in [2.05, 4.69) is 4.84 Å². The van der Waals surface area contributed by atoms with Gasteiger partial charge in [-0.2, -0.15) is 0 Å². The lowest BCUT2D eigenvalue weighted by atomic mass is 10.3. The first-order valence-corrected chi connectivity index (χ1v) is 7.02. The van der Waals surface area contributed by atoms with Crippen LogP contribution >= 0.6 is 0 Å². The first-order chi connectivity index (χ1) is 8.95. The Labute approximate surface area is 111 Å². The highest BCUT2D eigenvalue weighted by Crippen LogP contribution is 2.16. The van der Waals surface area contributed by atoms with Gasteiger partial charge in [0.15, 0.2) is 0 Å². The first-order valence-electron chi connectivity index (χ1n) is 5.54. The van der Waals surface area contributed by atoms with E-state index in [1.54, 1.807) is 6.92 Å². The van der Waals surface area contributed by atoms with Crippen LogP contribution in [0.3, 0.4) is 0 Å². The maximum Gasteiger partial charge on any atom is 0.306 e. The van der Waals surface area contributed by atoms with Crippen LogP contribution in [0.2, 0.25) is 0 Å². The summed E-state index contributed by atoms with van der Waals surface area (Å²) < 4.78 is 28.4. The Morgan fingerprint density at radius 1 is 1.32 bits per heavy atom. The fourth-order valence-corrected chi connectivity index (χ4v) is 2.02. The van der Waals surface area contributed by atoms with Gasteiger partial charge in [0.05, 0.1) is 24.5 Å². The van der Waals surface area contributed by atoms with Crippen LogP contribution in [0.5, 0.6) is 5.75 Å². The molecule has 0 radical (unpaired) electrons. The van der Waals surface area contributed by atoms with Crippen molar-refractivity contribution in [3.63, 3.8) is 0 Å². The van der Waals surface area contributed by atoms with Crippen molar-refractivity contribution in [2.75, 3.05) is 13.2 Å². The Kier molecular flexibility index (Phi) is 5.74. The van der Waals surface area contributed by atoms with Gasteiger partial charge >= 0.3 is 5.97 Å². The van der Waals surface area contributed by atoms with Crippen molar-refractivity contribution >= 4 is 16.0 Å². The lowest BCUT2D eigenvalue weighted by Gasteiger charge is -2.07. The molecular weight excluding hydrogens is 274 g/mol. The summed E-state index contributed by atoms with van der Waals surface area (Å²) in [4.78, 5) is 16.9. The minimum absolute atomic E-state index is 0.0264. The second kappa shape index (κ2) is 7.07. The molecule has 0 aliphatic carbocycles. The highest BCUT2D eigenvalue weighted by molar-refractivity contribution is 7.89. The summed E-state index contributed by atoms with van der Waals surface area (Å²) >= 11 is 0. The number of ether oxygens (including phenoxy) is 1. The second-order valence-electron chi connectivity index (χ2n) is 3.48. The van der Waals surface area contributed by atoms with Crippen molar-refractivity contribution in [2.45, 2.75) is 18.2 Å². The van der Waals surface area contributed by atoms with Crippen molar-refractivity contribution in [3.8, 4) is 5.75 Å². The monoisotopic (exact) mass is 289 g/mol. The zero-order valence-corrected chi connectivity index (χ0v) is 11.1. The highest BCUT2D eigenvalue weighted by atomic mass is 32.2. The number of carboxylic acids is 1. The zero-order valence-electron chi connectivity index (χ0n) is 10.3. The van der Waals surface area contributed by atoms with Crippen LogP contribution in [-0.4, -0.2) is 32.7 Å². The van der Waals surface area contributed by atoms with E-state index in [0.717, 1.165) is 0 Å². The van der Waals surface area contributed by atoms with E-state index in [-0.39, 0.29) is 24.5 Å². The van der Waals surface area contributed by atoms with E-state index < -0.39 is 16.0 Å². The van der Waals surface area contributed by atoms with Gasteiger partial charge in [0.25, 0.3) is 10.0 Å². The maximum atomic E-state index is 11.7. The van der Waals surface area contributed by atoms with Crippen LogP contribution in [0.1, 0.15) is 13.3 Å². The minimum Gasteiger partial charge on any atom is -0.493 e. The number of nitrogens with one attached hydrogen (secondary N) is 1. The molecule has 0 unspecified atom stereocenters. The van der Waals surface area contributed by atoms with E-state index >= 15 is 0 Å². The number of aliphatic carboxylic acids is 1. The quantitative estimate of drug-likeness (QED) is 0.685. The normalized spacial score (nSPS) is 11.2. The highest BCUT2D eigenvalue weighted by Gasteiger charge is 2.13. The molecule has 8 heteroatoms. The Morgan fingerprint density at radius 2 is 1.95 bits per heavy atom. The molecule has 0 fully saturated rings. The maximum absolute atomic E-state index is 11.7. The summed E-state index contributed by atoms with van der Waals surface area (Å²) in [5.74, 6) is -0.559. The molecule has 0 bridgehead atoms. The molecule has 0 amide bonds. The number of carboxylic acid groups (broad SMARTS) is 1. The molecule has 0 heterocycles. The predicted octanol–water partition coefficient (Wildman–Crippen LogP) is 0.770. The van der Waals surface area contributed by atoms with Gasteiger partial charge in [0.2, 0.25) is 0 Å². The molecule has 0 spiro atoms. The molecule has 7 nitrogen and oxygen atoms in total. The molecule has 0 aromatic heterocycles. The molecule has 0 saturated heterocycles. The molecule has 0 saturated carbocycles. The van der Waals surface area contributed by atoms with Crippen LogP contribution < -0.4 is 9.62 Å². The smallest absolute Gasteiger partial charge is 0.306 e. The second-order valence-corrected chi connectivity index (χ2v) is 5.13. The number of hydrogen-bond donors (Lipinski definition) is 2. The van der Waals surface area contributed by atoms with Gasteiger partial charge in [0, 0.05) is 0 Å². The van der Waals surface area contributed by atoms with Crippen LogP contribution in [0, 0.1) is 0 Å². The molecular formula is C11H15NO6S. The molecule has 0 atom stereocenters. The summed E-state index contributed by atoms with van der Waals surface area (Å²) in [6.45, 7) is 1.90. The Balaban J connectivity index is 2.63. The van der Waals surface area contributed by atoms with Crippen molar-refractivity contribution in [1.82, 2.24) is 4.89 Å². The summed E-state index contributed by atoms with van der Waals surface area (Å²) in [6.07, 6.45) is -0.119. The van der Waals surface area contributed by atoms with Gasteiger partial charge in [-0.1, -0.05) is 4.89 Å². The topological polar surface area (TPSA) is 102 Å². The largest absolute Gasteiger partial charge is 0.493 e. The standard InChI is InChI=1S/C11H15NO6S/c1-2-18-12-19(15,16)10-5-3-9(4-6-10)17-8-7-11(13)14/h3-6,12H,2,7-8H2,1H3,(H,13,14). The first kappa shape index (κ1) is 15.4. The van der Waals surface area contributed by atoms with Crippen molar-refractivity contribution < 1.29 is 27.9 Å². The number of rotatable bonds is 8. The van der Waals surface area contributed by atoms with Crippen LogP contribution in [0.4, 0.5) is 0 Å².